The zero-order valence-electron chi connectivity index (χ0n) is 6.88. The van der Waals surface area contributed by atoms with Gasteiger partial charge >= 0.3 is 5.97 Å². The van der Waals surface area contributed by atoms with Crippen molar-refractivity contribution in [2.24, 2.45) is 0 Å². The van der Waals surface area contributed by atoms with E-state index in [0.717, 1.165) is 12.1 Å². The maximum absolute atomic E-state index is 12.5. The van der Waals surface area contributed by atoms with Crippen molar-refractivity contribution in [2.75, 3.05) is 6.61 Å². The zero-order valence-corrected chi connectivity index (χ0v) is 6.88. The molecule has 0 saturated carbocycles. The second-order valence-corrected chi connectivity index (χ2v) is 2.22. The second-order valence-electron chi connectivity index (χ2n) is 2.22. The number of halogens is 2. The Kier molecular flexibility index (Phi) is 2.89. The molecular formula is C8H7F2NO2. The van der Waals surface area contributed by atoms with Gasteiger partial charge in [-0.1, -0.05) is 0 Å². The minimum atomic E-state index is -1.04. The summed E-state index contributed by atoms with van der Waals surface area (Å²) >= 11 is 0. The van der Waals surface area contributed by atoms with Gasteiger partial charge in [0.05, 0.1) is 12.2 Å². The van der Waals surface area contributed by atoms with Crippen LogP contribution in [0.15, 0.2) is 12.1 Å². The van der Waals surface area contributed by atoms with Crippen LogP contribution >= 0.6 is 0 Å². The Morgan fingerprint density at radius 3 is 2.46 bits per heavy atom. The number of aromatic nitrogens is 1. The first-order chi connectivity index (χ1) is 6.13. The van der Waals surface area contributed by atoms with E-state index in [4.69, 9.17) is 0 Å². The lowest BCUT2D eigenvalue weighted by Crippen LogP contribution is -2.06. The van der Waals surface area contributed by atoms with E-state index in [1.807, 2.05) is 0 Å². The number of hydrogen-bond acceptors (Lipinski definition) is 3. The lowest BCUT2D eigenvalue weighted by atomic mass is 10.3. The van der Waals surface area contributed by atoms with E-state index >= 15 is 0 Å². The van der Waals surface area contributed by atoms with Crippen LogP contribution in [-0.2, 0) is 4.74 Å². The van der Waals surface area contributed by atoms with Crippen LogP contribution in [-0.4, -0.2) is 17.6 Å². The van der Waals surface area contributed by atoms with Crippen LogP contribution in [0.3, 0.4) is 0 Å². The predicted molar refractivity (Wildman–Crippen MR) is 40.1 cm³/mol. The molecule has 13 heavy (non-hydrogen) atoms. The maximum Gasteiger partial charge on any atom is 0.338 e. The van der Waals surface area contributed by atoms with Crippen molar-refractivity contribution in [3.05, 3.63) is 29.6 Å². The number of ether oxygens (including phenoxy) is 1. The number of rotatable bonds is 2. The van der Waals surface area contributed by atoms with E-state index in [9.17, 15) is 13.6 Å². The van der Waals surface area contributed by atoms with Crippen LogP contribution in [0.4, 0.5) is 8.78 Å². The molecule has 0 bridgehead atoms. The fraction of sp³-hybridized carbons (Fsp3) is 0.250. The number of pyridine rings is 1. The Morgan fingerprint density at radius 1 is 1.46 bits per heavy atom. The van der Waals surface area contributed by atoms with Gasteiger partial charge in [0.25, 0.3) is 0 Å². The van der Waals surface area contributed by atoms with E-state index in [0.29, 0.717) is 0 Å². The molecule has 0 N–H and O–H groups in total. The molecule has 1 aromatic rings. The first-order valence-corrected chi connectivity index (χ1v) is 3.63. The minimum Gasteiger partial charge on any atom is -0.462 e. The third-order valence-corrected chi connectivity index (χ3v) is 1.27. The molecule has 0 aliphatic carbocycles. The van der Waals surface area contributed by atoms with Crippen molar-refractivity contribution in [2.45, 2.75) is 6.92 Å². The third kappa shape index (κ3) is 2.47. The van der Waals surface area contributed by atoms with Gasteiger partial charge in [-0.05, 0) is 6.92 Å². The highest BCUT2D eigenvalue weighted by Gasteiger charge is 2.10. The van der Waals surface area contributed by atoms with E-state index in [1.54, 1.807) is 6.92 Å². The summed E-state index contributed by atoms with van der Waals surface area (Å²) in [5, 5.41) is 0. The van der Waals surface area contributed by atoms with Crippen LogP contribution in [0, 0.1) is 11.9 Å². The number of nitrogens with zero attached hydrogens (tertiary/aromatic N) is 1. The first-order valence-electron chi connectivity index (χ1n) is 3.63. The highest BCUT2D eigenvalue weighted by Crippen LogP contribution is 2.05. The van der Waals surface area contributed by atoms with E-state index < -0.39 is 17.9 Å². The SMILES string of the molecule is CCOC(=O)c1cc(F)nc(F)c1. The summed E-state index contributed by atoms with van der Waals surface area (Å²) in [5.74, 6) is -2.84. The van der Waals surface area contributed by atoms with Crippen molar-refractivity contribution < 1.29 is 18.3 Å². The first kappa shape index (κ1) is 9.57. The summed E-state index contributed by atoms with van der Waals surface area (Å²) in [6.45, 7) is 1.76. The maximum atomic E-state index is 12.5. The number of hydrogen-bond donors (Lipinski definition) is 0. The Hall–Kier alpha value is -1.52. The molecule has 0 aliphatic rings. The summed E-state index contributed by atoms with van der Waals surface area (Å²) in [7, 11) is 0. The standard InChI is InChI=1S/C8H7F2NO2/c1-2-13-8(12)5-3-6(9)11-7(10)4-5/h3-4H,2H2,1H3. The lowest BCUT2D eigenvalue weighted by molar-refractivity contribution is 0.0524. The van der Waals surface area contributed by atoms with Gasteiger partial charge in [0.15, 0.2) is 0 Å². The average Bonchev–Trinajstić information content (AvgIpc) is 2.03. The molecule has 0 saturated heterocycles. The van der Waals surface area contributed by atoms with Crippen LogP contribution in [0.2, 0.25) is 0 Å². The molecule has 0 atom stereocenters. The van der Waals surface area contributed by atoms with Gasteiger partial charge in [0.1, 0.15) is 0 Å². The average molecular weight is 187 g/mol. The van der Waals surface area contributed by atoms with Gasteiger partial charge in [0.2, 0.25) is 11.9 Å². The van der Waals surface area contributed by atoms with Crippen LogP contribution in [0.5, 0.6) is 0 Å². The molecule has 1 aromatic heterocycles. The van der Waals surface area contributed by atoms with Gasteiger partial charge in [-0.15, -0.1) is 0 Å². The largest absolute Gasteiger partial charge is 0.462 e. The molecular weight excluding hydrogens is 180 g/mol. The highest BCUT2D eigenvalue weighted by molar-refractivity contribution is 5.89. The van der Waals surface area contributed by atoms with Crippen molar-refractivity contribution in [3.8, 4) is 0 Å². The zero-order chi connectivity index (χ0) is 9.84. The molecule has 0 amide bonds. The van der Waals surface area contributed by atoms with Gasteiger partial charge in [-0.2, -0.15) is 13.8 Å². The Balaban J connectivity index is 2.94. The second kappa shape index (κ2) is 3.93. The van der Waals surface area contributed by atoms with Crippen molar-refractivity contribution in [3.63, 3.8) is 0 Å². The lowest BCUT2D eigenvalue weighted by Gasteiger charge is -2.00. The van der Waals surface area contributed by atoms with E-state index in [2.05, 4.69) is 9.72 Å². The van der Waals surface area contributed by atoms with Crippen LogP contribution in [0.25, 0.3) is 0 Å². The molecule has 0 radical (unpaired) electrons. The van der Waals surface area contributed by atoms with E-state index in [-0.39, 0.29) is 12.2 Å². The molecule has 5 heteroatoms. The third-order valence-electron chi connectivity index (χ3n) is 1.27. The fourth-order valence-electron chi connectivity index (χ4n) is 0.797. The highest BCUT2D eigenvalue weighted by atomic mass is 19.1. The molecule has 0 fully saturated rings. The van der Waals surface area contributed by atoms with Gasteiger partial charge in [0, 0.05) is 12.1 Å². The predicted octanol–water partition coefficient (Wildman–Crippen LogP) is 1.54. The van der Waals surface area contributed by atoms with E-state index in [1.165, 1.54) is 0 Å². The minimum absolute atomic E-state index is 0.157. The van der Waals surface area contributed by atoms with Gasteiger partial charge in [-0.25, -0.2) is 4.79 Å². The normalized spacial score (nSPS) is 9.77. The monoisotopic (exact) mass is 187 g/mol. The quantitative estimate of drug-likeness (QED) is 0.520. The Morgan fingerprint density at radius 2 is 2.00 bits per heavy atom. The molecule has 1 rings (SSSR count). The molecule has 0 aromatic carbocycles. The number of carbonyl (C=O) groups is 1. The Bertz CT molecular complexity index is 308. The summed E-state index contributed by atoms with van der Waals surface area (Å²) in [4.78, 5) is 13.8. The summed E-state index contributed by atoms with van der Waals surface area (Å²) in [5.41, 5.74) is -0.174. The van der Waals surface area contributed by atoms with Gasteiger partial charge in [-0.3, -0.25) is 0 Å². The topological polar surface area (TPSA) is 39.2 Å². The Labute approximate surface area is 73.4 Å². The van der Waals surface area contributed by atoms with Crippen LogP contribution < -0.4 is 0 Å². The molecule has 70 valence electrons. The summed E-state index contributed by atoms with van der Waals surface area (Å²) in [6.07, 6.45) is 0. The molecule has 0 aliphatic heterocycles. The van der Waals surface area contributed by atoms with Crippen molar-refractivity contribution in [1.29, 1.82) is 0 Å². The molecule has 0 spiro atoms. The summed E-state index contributed by atoms with van der Waals surface area (Å²) in [6, 6.07) is 1.64. The summed E-state index contributed by atoms with van der Waals surface area (Å²) < 4.78 is 29.5. The molecule has 1 heterocycles. The van der Waals surface area contributed by atoms with Gasteiger partial charge < -0.3 is 4.74 Å². The molecule has 0 unspecified atom stereocenters. The van der Waals surface area contributed by atoms with Crippen molar-refractivity contribution in [1.82, 2.24) is 4.98 Å². The van der Waals surface area contributed by atoms with Crippen LogP contribution in [0.1, 0.15) is 17.3 Å². The number of esters is 1. The fourth-order valence-corrected chi connectivity index (χ4v) is 0.797. The number of carbonyl (C=O) groups excluding carboxylic acids is 1. The smallest absolute Gasteiger partial charge is 0.338 e. The molecule has 3 nitrogen and oxygen atoms in total. The van der Waals surface area contributed by atoms with Crippen molar-refractivity contribution >= 4 is 5.97 Å².